The Labute approximate surface area is 227 Å². The zero-order valence-electron chi connectivity index (χ0n) is 22.1. The molecule has 1 N–H and O–H groups in total. The van der Waals surface area contributed by atoms with Crippen LogP contribution in [-0.2, 0) is 21.4 Å². The summed E-state index contributed by atoms with van der Waals surface area (Å²) in [4.78, 5) is 17.4. The van der Waals surface area contributed by atoms with Crippen LogP contribution in [0.3, 0.4) is 0 Å². The van der Waals surface area contributed by atoms with E-state index < -0.39 is 10.0 Å². The molecule has 0 spiro atoms. The Balaban J connectivity index is 1.34. The van der Waals surface area contributed by atoms with Gasteiger partial charge in [0.05, 0.1) is 23.2 Å². The molecule has 1 amide bonds. The van der Waals surface area contributed by atoms with Crippen LogP contribution in [0.1, 0.15) is 11.1 Å². The number of anilines is 2. The van der Waals surface area contributed by atoms with Crippen molar-refractivity contribution in [3.05, 3.63) is 83.8 Å². The fourth-order valence-corrected chi connectivity index (χ4v) is 6.76. The Morgan fingerprint density at radius 3 is 2.28 bits per heavy atom. The smallest absolute Gasteiger partial charge is 0.262 e. The molecule has 0 unspecified atom stereocenters. The Hall–Kier alpha value is -4.05. The number of methoxy groups -OCH3 is 1. The Morgan fingerprint density at radius 2 is 1.64 bits per heavy atom. The van der Waals surface area contributed by atoms with E-state index in [1.165, 1.54) is 12.1 Å². The molecule has 1 aliphatic heterocycles. The highest BCUT2D eigenvalue weighted by Crippen LogP contribution is 2.31. The predicted octanol–water partition coefficient (Wildman–Crippen LogP) is 4.56. The molecule has 39 heavy (non-hydrogen) atoms. The molecule has 10 heteroatoms. The SMILES string of the molecule is COc1cc(C)c(S(=O)(=O)Nc2cccc3ccn(CC(=O)N4CCN(c5ccc(F)cc5)CC4)c23)c(C)c1. The highest BCUT2D eigenvalue weighted by Gasteiger charge is 2.24. The van der Waals surface area contributed by atoms with E-state index in [1.807, 2.05) is 17.0 Å². The van der Waals surface area contributed by atoms with Crippen LogP contribution in [0.5, 0.6) is 5.75 Å². The number of carbonyl (C=O) groups excluding carboxylic acids is 1. The van der Waals surface area contributed by atoms with Crippen LogP contribution in [0, 0.1) is 19.7 Å². The first-order chi connectivity index (χ1) is 18.7. The number of carbonyl (C=O) groups is 1. The standard InChI is InChI=1S/C29H31FN4O4S/c1-20-17-25(38-3)18-21(2)29(20)39(36,37)31-26-6-4-5-22-11-12-34(28(22)26)19-27(35)33-15-13-32(14-16-33)24-9-7-23(30)8-10-24/h4-12,17-18,31H,13-16,19H2,1-3H3. The van der Waals surface area contributed by atoms with Gasteiger partial charge in [0.2, 0.25) is 5.91 Å². The number of halogens is 1. The molecule has 2 heterocycles. The minimum atomic E-state index is -3.91. The van der Waals surface area contributed by atoms with Gasteiger partial charge in [-0.1, -0.05) is 12.1 Å². The van der Waals surface area contributed by atoms with Crippen molar-refractivity contribution >= 4 is 38.2 Å². The van der Waals surface area contributed by atoms with Gasteiger partial charge in [0.25, 0.3) is 10.0 Å². The first-order valence-corrected chi connectivity index (χ1v) is 14.2. The molecule has 0 bridgehead atoms. The second-order valence-corrected chi connectivity index (χ2v) is 11.3. The van der Waals surface area contributed by atoms with Crippen LogP contribution in [0.25, 0.3) is 10.9 Å². The van der Waals surface area contributed by atoms with E-state index in [2.05, 4.69) is 9.62 Å². The number of rotatable bonds is 7. The number of hydrogen-bond acceptors (Lipinski definition) is 5. The zero-order valence-corrected chi connectivity index (χ0v) is 23.0. The number of sulfonamides is 1. The molecular formula is C29H31FN4O4S. The third-order valence-electron chi connectivity index (χ3n) is 7.10. The second kappa shape index (κ2) is 10.6. The van der Waals surface area contributed by atoms with Crippen molar-refractivity contribution in [3.8, 4) is 5.75 Å². The van der Waals surface area contributed by atoms with Crippen molar-refractivity contribution in [2.24, 2.45) is 0 Å². The molecule has 0 atom stereocenters. The van der Waals surface area contributed by atoms with Crippen molar-refractivity contribution < 1.29 is 22.3 Å². The van der Waals surface area contributed by atoms with E-state index in [9.17, 15) is 17.6 Å². The maximum atomic E-state index is 13.5. The van der Waals surface area contributed by atoms with Crippen LogP contribution in [0.4, 0.5) is 15.8 Å². The van der Waals surface area contributed by atoms with E-state index >= 15 is 0 Å². The molecule has 3 aromatic carbocycles. The number of piperazine rings is 1. The van der Waals surface area contributed by atoms with Gasteiger partial charge in [0, 0.05) is 43.4 Å². The van der Waals surface area contributed by atoms with Gasteiger partial charge in [-0.25, -0.2) is 12.8 Å². The first kappa shape index (κ1) is 26.6. The minimum Gasteiger partial charge on any atom is -0.497 e. The van der Waals surface area contributed by atoms with Gasteiger partial charge in [-0.05, 0) is 73.5 Å². The third-order valence-corrected chi connectivity index (χ3v) is 8.77. The molecule has 4 aromatic rings. The number of nitrogens with one attached hydrogen (secondary N) is 1. The van der Waals surface area contributed by atoms with E-state index in [0.717, 1.165) is 11.1 Å². The molecule has 0 radical (unpaired) electrons. The summed E-state index contributed by atoms with van der Waals surface area (Å²) in [7, 11) is -2.37. The van der Waals surface area contributed by atoms with Gasteiger partial charge in [0.1, 0.15) is 18.1 Å². The predicted molar refractivity (Wildman–Crippen MR) is 150 cm³/mol. The summed E-state index contributed by atoms with van der Waals surface area (Å²) in [6.45, 7) is 5.95. The third kappa shape index (κ3) is 5.42. The number of hydrogen-bond donors (Lipinski definition) is 1. The van der Waals surface area contributed by atoms with Crippen LogP contribution >= 0.6 is 0 Å². The lowest BCUT2D eigenvalue weighted by Crippen LogP contribution is -2.49. The van der Waals surface area contributed by atoms with Crippen molar-refractivity contribution in [2.75, 3.05) is 42.9 Å². The molecule has 0 saturated carbocycles. The van der Waals surface area contributed by atoms with Gasteiger partial charge in [0.15, 0.2) is 0 Å². The molecular weight excluding hydrogens is 519 g/mol. The molecule has 5 rings (SSSR count). The lowest BCUT2D eigenvalue weighted by molar-refractivity contribution is -0.132. The Kier molecular flexibility index (Phi) is 7.22. The lowest BCUT2D eigenvalue weighted by atomic mass is 10.1. The summed E-state index contributed by atoms with van der Waals surface area (Å²) in [6, 6.07) is 17.0. The monoisotopic (exact) mass is 550 g/mol. The second-order valence-electron chi connectivity index (χ2n) is 9.73. The zero-order chi connectivity index (χ0) is 27.7. The fraction of sp³-hybridized carbons (Fsp3) is 0.276. The first-order valence-electron chi connectivity index (χ1n) is 12.7. The van der Waals surface area contributed by atoms with E-state index in [-0.39, 0.29) is 23.2 Å². The van der Waals surface area contributed by atoms with Crippen molar-refractivity contribution in [1.82, 2.24) is 9.47 Å². The summed E-state index contributed by atoms with van der Waals surface area (Å²) < 4.78 is 50.1. The average molecular weight is 551 g/mol. The minimum absolute atomic E-state index is 0.0502. The normalized spacial score (nSPS) is 14.1. The number of benzene rings is 3. The Morgan fingerprint density at radius 1 is 0.974 bits per heavy atom. The molecule has 8 nitrogen and oxygen atoms in total. The lowest BCUT2D eigenvalue weighted by Gasteiger charge is -2.36. The van der Waals surface area contributed by atoms with Gasteiger partial charge in [-0.15, -0.1) is 0 Å². The van der Waals surface area contributed by atoms with E-state index in [1.54, 1.807) is 68.1 Å². The van der Waals surface area contributed by atoms with Crippen LogP contribution < -0.4 is 14.4 Å². The van der Waals surface area contributed by atoms with Gasteiger partial charge >= 0.3 is 0 Å². The fourth-order valence-electron chi connectivity index (χ4n) is 5.24. The number of fused-ring (bicyclic) bond motifs is 1. The summed E-state index contributed by atoms with van der Waals surface area (Å²) in [5.74, 6) is 0.269. The van der Waals surface area contributed by atoms with Gasteiger partial charge < -0.3 is 19.1 Å². The number of aryl methyl sites for hydroxylation is 2. The van der Waals surface area contributed by atoms with Crippen molar-refractivity contribution in [2.45, 2.75) is 25.3 Å². The molecule has 1 fully saturated rings. The number of nitrogens with zero attached hydrogens (tertiary/aromatic N) is 3. The number of amides is 1. The number of aromatic nitrogens is 1. The number of ether oxygens (including phenoxy) is 1. The maximum absolute atomic E-state index is 13.5. The Bertz CT molecular complexity index is 1600. The summed E-state index contributed by atoms with van der Waals surface area (Å²) in [5.41, 5.74) is 3.14. The number of para-hydroxylation sites is 1. The van der Waals surface area contributed by atoms with Crippen molar-refractivity contribution in [1.29, 1.82) is 0 Å². The quantitative estimate of drug-likeness (QED) is 0.365. The van der Waals surface area contributed by atoms with Crippen molar-refractivity contribution in [3.63, 3.8) is 0 Å². The highest BCUT2D eigenvalue weighted by molar-refractivity contribution is 7.92. The highest BCUT2D eigenvalue weighted by atomic mass is 32.2. The summed E-state index contributed by atoms with van der Waals surface area (Å²) >= 11 is 0. The maximum Gasteiger partial charge on any atom is 0.262 e. The molecule has 0 aliphatic carbocycles. The van der Waals surface area contributed by atoms with E-state index in [4.69, 9.17) is 4.74 Å². The van der Waals surface area contributed by atoms with E-state index in [0.29, 0.717) is 54.3 Å². The summed E-state index contributed by atoms with van der Waals surface area (Å²) in [6.07, 6.45) is 1.80. The van der Waals surface area contributed by atoms with Crippen LogP contribution in [0.15, 0.2) is 71.8 Å². The summed E-state index contributed by atoms with van der Waals surface area (Å²) in [5, 5.41) is 0.826. The van der Waals surface area contributed by atoms with Gasteiger partial charge in [-0.2, -0.15) is 0 Å². The van der Waals surface area contributed by atoms with Gasteiger partial charge in [-0.3, -0.25) is 9.52 Å². The molecule has 1 aliphatic rings. The topological polar surface area (TPSA) is 83.9 Å². The largest absolute Gasteiger partial charge is 0.497 e. The molecule has 1 saturated heterocycles. The average Bonchev–Trinajstić information content (AvgIpc) is 3.32. The molecule has 204 valence electrons. The van der Waals surface area contributed by atoms with Crippen LogP contribution in [0.2, 0.25) is 0 Å². The molecule has 1 aromatic heterocycles. The van der Waals surface area contributed by atoms with Crippen LogP contribution in [-0.4, -0.2) is 57.1 Å².